The molecule has 0 aromatic rings. The Kier molecular flexibility index (Phi) is 6.01. The summed E-state index contributed by atoms with van der Waals surface area (Å²) in [4.78, 5) is 2.54. The van der Waals surface area contributed by atoms with E-state index in [1.54, 1.807) is 0 Å². The maximum Gasteiger partial charge on any atom is 0.0396 e. The zero-order chi connectivity index (χ0) is 16.2. The first kappa shape index (κ1) is 17.5. The highest BCUT2D eigenvalue weighted by Crippen LogP contribution is 2.36. The molecular weight excluding hydrogens is 266 g/mol. The maximum absolute atomic E-state index is 4.35. The molecule has 2 rings (SSSR count). The topological polar surface area (TPSA) is 3.24 Å². The van der Waals surface area contributed by atoms with Crippen molar-refractivity contribution in [3.63, 3.8) is 0 Å². The van der Waals surface area contributed by atoms with Crippen LogP contribution >= 0.6 is 0 Å². The summed E-state index contributed by atoms with van der Waals surface area (Å²) >= 11 is 0. The van der Waals surface area contributed by atoms with Crippen LogP contribution in [0.5, 0.6) is 0 Å². The van der Waals surface area contributed by atoms with Gasteiger partial charge in [0.2, 0.25) is 0 Å². The summed E-state index contributed by atoms with van der Waals surface area (Å²) in [6.07, 6.45) is 10.2. The second kappa shape index (κ2) is 7.58. The SMILES string of the molecule is C=C(CC(C)(C)C)N1CCCC1CC#CC1CC(CCC)C1. The van der Waals surface area contributed by atoms with Crippen molar-refractivity contribution in [2.75, 3.05) is 6.54 Å². The molecule has 1 atom stereocenters. The molecule has 0 spiro atoms. The van der Waals surface area contributed by atoms with Crippen LogP contribution in [0.2, 0.25) is 0 Å². The average Bonchev–Trinajstić information content (AvgIpc) is 2.82. The van der Waals surface area contributed by atoms with Crippen molar-refractivity contribution < 1.29 is 0 Å². The van der Waals surface area contributed by atoms with Gasteiger partial charge in [-0.15, -0.1) is 5.92 Å². The number of rotatable bonds is 5. The Balaban J connectivity index is 1.77. The first-order valence-electron chi connectivity index (χ1n) is 9.32. The second-order valence-electron chi connectivity index (χ2n) is 8.64. The summed E-state index contributed by atoms with van der Waals surface area (Å²) in [6, 6.07) is 0.619. The minimum Gasteiger partial charge on any atom is -0.371 e. The van der Waals surface area contributed by atoms with Gasteiger partial charge in [-0.05, 0) is 43.4 Å². The highest BCUT2D eigenvalue weighted by molar-refractivity contribution is 5.11. The van der Waals surface area contributed by atoms with E-state index in [1.165, 1.54) is 50.8 Å². The fraction of sp³-hybridized carbons (Fsp3) is 0.810. The fourth-order valence-electron chi connectivity index (χ4n) is 4.00. The third-order valence-electron chi connectivity index (χ3n) is 5.09. The van der Waals surface area contributed by atoms with Crippen LogP contribution in [0, 0.1) is 29.1 Å². The largest absolute Gasteiger partial charge is 0.371 e. The van der Waals surface area contributed by atoms with Crippen molar-refractivity contribution in [3.8, 4) is 11.8 Å². The summed E-state index contributed by atoms with van der Waals surface area (Å²) in [5, 5.41) is 0. The summed E-state index contributed by atoms with van der Waals surface area (Å²) < 4.78 is 0. The Labute approximate surface area is 138 Å². The second-order valence-corrected chi connectivity index (χ2v) is 8.64. The number of hydrogen-bond donors (Lipinski definition) is 0. The molecule has 22 heavy (non-hydrogen) atoms. The molecular formula is C21H35N. The summed E-state index contributed by atoms with van der Waals surface area (Å²) in [5.41, 5.74) is 1.65. The van der Waals surface area contributed by atoms with Gasteiger partial charge < -0.3 is 4.90 Å². The highest BCUT2D eigenvalue weighted by Gasteiger charge is 2.28. The average molecular weight is 302 g/mol. The van der Waals surface area contributed by atoms with Crippen molar-refractivity contribution >= 4 is 0 Å². The smallest absolute Gasteiger partial charge is 0.0396 e. The van der Waals surface area contributed by atoms with Crippen LogP contribution in [-0.4, -0.2) is 17.5 Å². The lowest BCUT2D eigenvalue weighted by Gasteiger charge is -2.32. The summed E-state index contributed by atoms with van der Waals surface area (Å²) in [7, 11) is 0. The van der Waals surface area contributed by atoms with E-state index in [0.29, 0.717) is 17.4 Å². The molecule has 0 aromatic heterocycles. The van der Waals surface area contributed by atoms with E-state index in [4.69, 9.17) is 0 Å². The third-order valence-corrected chi connectivity index (χ3v) is 5.09. The molecule has 0 radical (unpaired) electrons. The molecule has 0 amide bonds. The highest BCUT2D eigenvalue weighted by atomic mass is 15.2. The first-order chi connectivity index (χ1) is 10.4. The van der Waals surface area contributed by atoms with E-state index in [9.17, 15) is 0 Å². The number of allylic oxidation sites excluding steroid dienone is 1. The van der Waals surface area contributed by atoms with Crippen molar-refractivity contribution in [1.29, 1.82) is 0 Å². The van der Waals surface area contributed by atoms with Crippen molar-refractivity contribution in [2.45, 2.75) is 85.1 Å². The van der Waals surface area contributed by atoms with Crippen molar-refractivity contribution in [2.24, 2.45) is 17.3 Å². The van der Waals surface area contributed by atoms with Crippen LogP contribution in [0.1, 0.15) is 79.1 Å². The molecule has 1 heteroatoms. The number of hydrogen-bond acceptors (Lipinski definition) is 1. The van der Waals surface area contributed by atoms with E-state index in [1.807, 2.05) is 0 Å². The zero-order valence-electron chi connectivity index (χ0n) is 15.3. The van der Waals surface area contributed by atoms with Gasteiger partial charge in [0.1, 0.15) is 0 Å². The molecule has 1 heterocycles. The third kappa shape index (κ3) is 5.08. The molecule has 124 valence electrons. The molecule has 2 aliphatic rings. The van der Waals surface area contributed by atoms with Gasteiger partial charge in [-0.3, -0.25) is 0 Å². The van der Waals surface area contributed by atoms with Gasteiger partial charge in [-0.2, -0.15) is 0 Å². The van der Waals surface area contributed by atoms with Crippen LogP contribution in [0.15, 0.2) is 12.3 Å². The van der Waals surface area contributed by atoms with Crippen LogP contribution in [0.4, 0.5) is 0 Å². The van der Waals surface area contributed by atoms with E-state index < -0.39 is 0 Å². The van der Waals surface area contributed by atoms with Crippen LogP contribution in [0.25, 0.3) is 0 Å². The Hall–Kier alpha value is -0.900. The van der Waals surface area contributed by atoms with Gasteiger partial charge >= 0.3 is 0 Å². The van der Waals surface area contributed by atoms with Crippen molar-refractivity contribution in [1.82, 2.24) is 4.90 Å². The van der Waals surface area contributed by atoms with Crippen LogP contribution in [-0.2, 0) is 0 Å². The van der Waals surface area contributed by atoms with Crippen LogP contribution in [0.3, 0.4) is 0 Å². The molecule has 0 bridgehead atoms. The predicted molar refractivity (Wildman–Crippen MR) is 96.5 cm³/mol. The lowest BCUT2D eigenvalue weighted by atomic mass is 9.73. The van der Waals surface area contributed by atoms with E-state index in [-0.39, 0.29) is 0 Å². The van der Waals surface area contributed by atoms with Gasteiger partial charge in [-0.1, -0.05) is 53.0 Å². The molecule has 1 aliphatic heterocycles. The van der Waals surface area contributed by atoms with Crippen molar-refractivity contribution in [3.05, 3.63) is 12.3 Å². The molecule has 1 aliphatic carbocycles. The molecule has 0 aromatic carbocycles. The van der Waals surface area contributed by atoms with Gasteiger partial charge in [0.15, 0.2) is 0 Å². The Morgan fingerprint density at radius 2 is 2.00 bits per heavy atom. The molecule has 1 unspecified atom stereocenters. The lowest BCUT2D eigenvalue weighted by Crippen LogP contribution is -2.30. The van der Waals surface area contributed by atoms with Gasteiger partial charge in [0, 0.05) is 30.6 Å². The predicted octanol–water partition coefficient (Wildman–Crippen LogP) is 5.62. The molecule has 1 saturated carbocycles. The Morgan fingerprint density at radius 3 is 2.64 bits per heavy atom. The summed E-state index contributed by atoms with van der Waals surface area (Å²) in [5.74, 6) is 8.71. The van der Waals surface area contributed by atoms with Gasteiger partial charge in [-0.25, -0.2) is 0 Å². The first-order valence-corrected chi connectivity index (χ1v) is 9.32. The Bertz CT molecular complexity index is 425. The minimum atomic E-state index is 0.329. The van der Waals surface area contributed by atoms with E-state index >= 15 is 0 Å². The van der Waals surface area contributed by atoms with Crippen LogP contribution < -0.4 is 0 Å². The minimum absolute atomic E-state index is 0.329. The normalized spacial score (nSPS) is 28.0. The summed E-state index contributed by atoms with van der Waals surface area (Å²) in [6.45, 7) is 14.7. The molecule has 1 saturated heterocycles. The monoisotopic (exact) mass is 301 g/mol. The number of likely N-dealkylation sites (tertiary alicyclic amines) is 1. The fourth-order valence-corrected chi connectivity index (χ4v) is 4.00. The molecule has 2 fully saturated rings. The maximum atomic E-state index is 4.35. The number of nitrogens with zero attached hydrogens (tertiary/aromatic N) is 1. The molecule has 0 N–H and O–H groups in total. The quantitative estimate of drug-likeness (QED) is 0.596. The zero-order valence-corrected chi connectivity index (χ0v) is 15.3. The lowest BCUT2D eigenvalue weighted by molar-refractivity contribution is 0.231. The standard InChI is InChI=1S/C21H35N/c1-6-9-18-14-19(15-18)10-7-11-20-12-8-13-22(20)17(2)16-21(3,4)5/h18-20H,2,6,8-9,11-16H2,1,3-5H3. The molecule has 1 nitrogen and oxygen atoms in total. The van der Waals surface area contributed by atoms with E-state index in [0.717, 1.165) is 18.8 Å². The van der Waals surface area contributed by atoms with Gasteiger partial charge in [0.05, 0.1) is 0 Å². The van der Waals surface area contributed by atoms with E-state index in [2.05, 4.69) is 51.0 Å². The van der Waals surface area contributed by atoms with Gasteiger partial charge in [0.25, 0.3) is 0 Å². The Morgan fingerprint density at radius 1 is 1.27 bits per heavy atom.